The van der Waals surface area contributed by atoms with Crippen LogP contribution in [0.15, 0.2) is 35.3 Å². The molecule has 6 nitrogen and oxygen atoms in total. The first-order valence-electron chi connectivity index (χ1n) is 7.69. The summed E-state index contributed by atoms with van der Waals surface area (Å²) in [6, 6.07) is 7.90. The van der Waals surface area contributed by atoms with E-state index in [0.29, 0.717) is 29.3 Å². The second kappa shape index (κ2) is 6.72. The molecule has 1 amide bonds. The molecule has 0 aliphatic carbocycles. The number of hydrogen-bond acceptors (Lipinski definition) is 6. The van der Waals surface area contributed by atoms with Crippen LogP contribution in [0.2, 0.25) is 0 Å². The number of aryl methyl sites for hydroxylation is 1. The van der Waals surface area contributed by atoms with E-state index in [1.807, 2.05) is 13.0 Å². The summed E-state index contributed by atoms with van der Waals surface area (Å²) in [5.41, 5.74) is 5.52. The minimum absolute atomic E-state index is 0.0268. The Hall–Kier alpha value is -2.61. The van der Waals surface area contributed by atoms with Gasteiger partial charge in [-0.2, -0.15) is 0 Å². The Labute approximate surface area is 148 Å². The number of nitrogens with zero attached hydrogens (tertiary/aromatic N) is 1. The number of aliphatic imine (C=N–C) groups is 1. The lowest BCUT2D eigenvalue weighted by Crippen LogP contribution is -2.34. The molecule has 1 aromatic heterocycles. The summed E-state index contributed by atoms with van der Waals surface area (Å²) in [5.74, 6) is -0.422. The molecular formula is C17H18FN3O3S. The average molecular weight is 363 g/mol. The fourth-order valence-corrected chi connectivity index (χ4v) is 3.30. The van der Waals surface area contributed by atoms with Crippen LogP contribution in [0.25, 0.3) is 0 Å². The van der Waals surface area contributed by atoms with E-state index in [1.54, 1.807) is 19.1 Å². The summed E-state index contributed by atoms with van der Waals surface area (Å²) in [5, 5.41) is 3.09. The van der Waals surface area contributed by atoms with E-state index in [0.717, 1.165) is 4.88 Å². The summed E-state index contributed by atoms with van der Waals surface area (Å²) in [7, 11) is 0. The Morgan fingerprint density at radius 2 is 2.24 bits per heavy atom. The van der Waals surface area contributed by atoms with Crippen molar-refractivity contribution in [2.45, 2.75) is 25.8 Å². The third-order valence-corrected chi connectivity index (χ3v) is 4.78. The topological polar surface area (TPSA) is 85.9 Å². The quantitative estimate of drug-likeness (QED) is 0.869. The molecule has 2 heterocycles. The normalized spacial score (nSPS) is 19.7. The van der Waals surface area contributed by atoms with Crippen LogP contribution >= 0.6 is 11.3 Å². The van der Waals surface area contributed by atoms with E-state index in [-0.39, 0.29) is 6.02 Å². The van der Waals surface area contributed by atoms with Crippen molar-refractivity contribution < 1.29 is 18.7 Å². The smallest absolute Gasteiger partial charge is 0.417 e. The predicted octanol–water partition coefficient (Wildman–Crippen LogP) is 3.76. The molecule has 3 N–H and O–H groups in total. The van der Waals surface area contributed by atoms with Crippen LogP contribution in [-0.4, -0.2) is 18.7 Å². The van der Waals surface area contributed by atoms with E-state index >= 15 is 0 Å². The van der Waals surface area contributed by atoms with Crippen LogP contribution in [0.3, 0.4) is 0 Å². The van der Waals surface area contributed by atoms with Crippen molar-refractivity contribution >= 4 is 29.1 Å². The maximum absolute atomic E-state index is 14.3. The average Bonchev–Trinajstić information content (AvgIpc) is 2.93. The van der Waals surface area contributed by atoms with Crippen LogP contribution in [0, 0.1) is 12.7 Å². The molecule has 1 aromatic carbocycles. The lowest BCUT2D eigenvalue weighted by molar-refractivity contribution is 0.214. The molecule has 3 rings (SSSR count). The molecule has 0 saturated heterocycles. The lowest BCUT2D eigenvalue weighted by atomic mass is 9.88. The highest BCUT2D eigenvalue weighted by Gasteiger charge is 2.33. The molecule has 1 aliphatic rings. The third kappa shape index (κ3) is 3.90. The van der Waals surface area contributed by atoms with Crippen LogP contribution < -0.4 is 15.8 Å². The molecule has 1 aliphatic heterocycles. The summed E-state index contributed by atoms with van der Waals surface area (Å²) < 4.78 is 24.6. The van der Waals surface area contributed by atoms with Gasteiger partial charge in [0.2, 0.25) is 0 Å². The van der Waals surface area contributed by atoms with Crippen molar-refractivity contribution in [3.63, 3.8) is 0 Å². The fourth-order valence-electron chi connectivity index (χ4n) is 2.60. The van der Waals surface area contributed by atoms with E-state index in [1.165, 1.54) is 23.5 Å². The van der Waals surface area contributed by atoms with Crippen molar-refractivity contribution in [3.05, 3.63) is 46.6 Å². The number of anilines is 1. The summed E-state index contributed by atoms with van der Waals surface area (Å²) >= 11 is 1.37. The molecule has 0 unspecified atom stereocenters. The number of benzene rings is 1. The monoisotopic (exact) mass is 363 g/mol. The molecule has 132 valence electrons. The molecule has 1 atom stereocenters. The summed E-state index contributed by atoms with van der Waals surface area (Å²) in [6.45, 7) is 4.04. The minimum atomic E-state index is -0.848. The molecule has 25 heavy (non-hydrogen) atoms. The zero-order chi connectivity index (χ0) is 18.0. The first kappa shape index (κ1) is 17.2. The molecule has 0 radical (unpaired) electrons. The number of carbonyl (C=O) groups is 1. The van der Waals surface area contributed by atoms with Gasteiger partial charge in [0.05, 0.1) is 12.1 Å². The summed E-state index contributed by atoms with van der Waals surface area (Å²) in [6.07, 6.45) is -0.160. The number of thiophene rings is 1. The van der Waals surface area contributed by atoms with E-state index in [4.69, 9.17) is 15.2 Å². The maximum atomic E-state index is 14.3. The zero-order valence-corrected chi connectivity index (χ0v) is 14.7. The number of halogens is 1. The van der Waals surface area contributed by atoms with Crippen molar-refractivity contribution in [2.24, 2.45) is 10.7 Å². The maximum Gasteiger partial charge on any atom is 0.417 e. The standard InChI is InChI=1S/C17H18FN3O3S/c1-10-3-6-14(25-10)24-16(22)20-11-4-5-13(18)12(9-11)17(2)7-8-23-15(19)21-17/h3-6,9H,7-8H2,1-2H3,(H2,19,21)(H,20,22)/t17-/m0/s1. The van der Waals surface area contributed by atoms with Gasteiger partial charge in [-0.05, 0) is 44.2 Å². The number of nitrogens with one attached hydrogen (secondary N) is 1. The van der Waals surface area contributed by atoms with Crippen LogP contribution in [0.5, 0.6) is 5.06 Å². The van der Waals surface area contributed by atoms with Gasteiger partial charge in [-0.25, -0.2) is 14.2 Å². The Morgan fingerprint density at radius 3 is 2.92 bits per heavy atom. The Balaban J connectivity index is 1.79. The first-order chi connectivity index (χ1) is 11.9. The largest absolute Gasteiger partial charge is 0.465 e. The second-order valence-electron chi connectivity index (χ2n) is 5.90. The number of ether oxygens (including phenoxy) is 2. The second-order valence-corrected chi connectivity index (χ2v) is 7.15. The van der Waals surface area contributed by atoms with Gasteiger partial charge in [-0.3, -0.25) is 5.32 Å². The number of hydrogen-bond donors (Lipinski definition) is 2. The van der Waals surface area contributed by atoms with Crippen molar-refractivity contribution in [1.82, 2.24) is 0 Å². The number of amidine groups is 1. The highest BCUT2D eigenvalue weighted by atomic mass is 32.1. The van der Waals surface area contributed by atoms with Crippen molar-refractivity contribution in [1.29, 1.82) is 0 Å². The van der Waals surface area contributed by atoms with Gasteiger partial charge in [0.15, 0.2) is 5.06 Å². The van der Waals surface area contributed by atoms with Gasteiger partial charge in [-0.15, -0.1) is 11.3 Å². The van der Waals surface area contributed by atoms with Crippen LogP contribution in [-0.2, 0) is 10.3 Å². The van der Waals surface area contributed by atoms with Gasteiger partial charge >= 0.3 is 6.09 Å². The highest BCUT2D eigenvalue weighted by molar-refractivity contribution is 7.13. The molecule has 0 fully saturated rings. The first-order valence-corrected chi connectivity index (χ1v) is 8.51. The van der Waals surface area contributed by atoms with Gasteiger partial charge in [0.1, 0.15) is 5.82 Å². The van der Waals surface area contributed by atoms with Gasteiger partial charge in [-0.1, -0.05) is 0 Å². The molecule has 0 saturated carbocycles. The fraction of sp³-hybridized carbons (Fsp3) is 0.294. The molecular weight excluding hydrogens is 345 g/mol. The predicted molar refractivity (Wildman–Crippen MR) is 94.6 cm³/mol. The number of rotatable bonds is 3. The van der Waals surface area contributed by atoms with Crippen molar-refractivity contribution in [2.75, 3.05) is 11.9 Å². The molecule has 8 heteroatoms. The van der Waals surface area contributed by atoms with E-state index in [2.05, 4.69) is 10.3 Å². The third-order valence-electron chi connectivity index (χ3n) is 3.90. The lowest BCUT2D eigenvalue weighted by Gasteiger charge is -2.30. The van der Waals surface area contributed by atoms with Crippen LogP contribution in [0.4, 0.5) is 14.9 Å². The summed E-state index contributed by atoms with van der Waals surface area (Å²) in [4.78, 5) is 17.3. The Morgan fingerprint density at radius 1 is 1.44 bits per heavy atom. The van der Waals surface area contributed by atoms with Gasteiger partial charge in [0.25, 0.3) is 6.02 Å². The van der Waals surface area contributed by atoms with E-state index in [9.17, 15) is 9.18 Å². The SMILES string of the molecule is Cc1ccc(OC(=O)Nc2ccc(F)c([C@]3(C)CCOC(N)=N3)c2)s1. The Bertz CT molecular complexity index is 836. The molecule has 2 aromatic rings. The molecule has 0 bridgehead atoms. The Kier molecular flexibility index (Phi) is 4.63. The molecule has 0 spiro atoms. The van der Waals surface area contributed by atoms with Gasteiger partial charge < -0.3 is 15.2 Å². The number of nitrogens with two attached hydrogens (primary N) is 1. The number of carbonyl (C=O) groups excluding carboxylic acids is 1. The highest BCUT2D eigenvalue weighted by Crippen LogP contribution is 2.35. The number of amides is 1. The van der Waals surface area contributed by atoms with Gasteiger partial charge in [0, 0.05) is 22.5 Å². The minimum Gasteiger partial charge on any atom is -0.465 e. The zero-order valence-electron chi connectivity index (χ0n) is 13.8. The van der Waals surface area contributed by atoms with E-state index < -0.39 is 17.4 Å². The van der Waals surface area contributed by atoms with Crippen LogP contribution in [0.1, 0.15) is 23.8 Å². The van der Waals surface area contributed by atoms with Crippen molar-refractivity contribution in [3.8, 4) is 5.06 Å².